The third-order valence-electron chi connectivity index (χ3n) is 4.35. The molecule has 10 heteroatoms. The lowest BCUT2D eigenvalue weighted by Gasteiger charge is -2.10. The van der Waals surface area contributed by atoms with Crippen LogP contribution in [-0.4, -0.2) is 40.9 Å². The van der Waals surface area contributed by atoms with Gasteiger partial charge < -0.3 is 14.8 Å². The van der Waals surface area contributed by atoms with E-state index in [-0.39, 0.29) is 17.3 Å². The highest BCUT2D eigenvalue weighted by Gasteiger charge is 2.32. The second-order valence-electron chi connectivity index (χ2n) is 6.35. The lowest BCUT2D eigenvalue weighted by Crippen LogP contribution is -2.25. The van der Waals surface area contributed by atoms with Crippen molar-refractivity contribution in [1.29, 1.82) is 0 Å². The van der Waals surface area contributed by atoms with Crippen molar-refractivity contribution in [3.05, 3.63) is 59.4 Å². The van der Waals surface area contributed by atoms with Crippen LogP contribution in [0, 0.1) is 5.82 Å². The molecular weight excluding hydrogens is 413 g/mol. The van der Waals surface area contributed by atoms with E-state index < -0.39 is 21.7 Å². The maximum Gasteiger partial charge on any atom is 0.264 e. The van der Waals surface area contributed by atoms with E-state index in [2.05, 4.69) is 15.0 Å². The molecule has 1 aliphatic heterocycles. The van der Waals surface area contributed by atoms with Crippen LogP contribution in [0.4, 0.5) is 10.1 Å². The molecule has 0 saturated heterocycles. The van der Waals surface area contributed by atoms with Gasteiger partial charge in [-0.15, -0.1) is 0 Å². The van der Waals surface area contributed by atoms with Crippen molar-refractivity contribution in [3.63, 3.8) is 0 Å². The molecule has 0 radical (unpaired) electrons. The number of benzene rings is 2. The first-order chi connectivity index (χ1) is 14.2. The molecule has 0 atom stereocenters. The maximum absolute atomic E-state index is 13.2. The number of anilines is 1. The minimum Gasteiger partial charge on any atom is -0.493 e. The van der Waals surface area contributed by atoms with Gasteiger partial charge in [0.05, 0.1) is 14.2 Å². The van der Waals surface area contributed by atoms with E-state index in [4.69, 9.17) is 9.47 Å². The van der Waals surface area contributed by atoms with Gasteiger partial charge in [-0.05, 0) is 36.8 Å². The number of halogens is 1. The highest BCUT2D eigenvalue weighted by Crippen LogP contribution is 2.31. The fourth-order valence-corrected chi connectivity index (χ4v) is 4.47. The number of carbonyl (C=O) groups is 1. The van der Waals surface area contributed by atoms with Gasteiger partial charge in [0.25, 0.3) is 10.0 Å². The Balaban J connectivity index is 1.77. The molecule has 0 aliphatic carbocycles. The largest absolute Gasteiger partial charge is 0.493 e. The van der Waals surface area contributed by atoms with Crippen molar-refractivity contribution in [3.8, 4) is 11.5 Å². The zero-order chi connectivity index (χ0) is 21.9. The molecule has 2 N–H and O–H groups in total. The summed E-state index contributed by atoms with van der Waals surface area (Å²) >= 11 is 0. The standard InChI is InChI=1S/C20H20FN3O5S/c1-12-19(13-4-6-14(21)7-5-13)30(26,27)24-20(12)22-11-18(25)23-15-8-9-16(28-2)17(10-15)29-3/h4-10H,11H2,1-3H3,(H,22,24)(H,23,25). The minimum atomic E-state index is -3.86. The van der Waals surface area contributed by atoms with Crippen LogP contribution in [0.2, 0.25) is 0 Å². The summed E-state index contributed by atoms with van der Waals surface area (Å²) in [6.45, 7) is 1.27. The Kier molecular flexibility index (Phi) is 6.06. The molecule has 158 valence electrons. The zero-order valence-corrected chi connectivity index (χ0v) is 17.3. The quantitative estimate of drug-likeness (QED) is 0.728. The normalized spacial score (nSPS) is 16.3. The fourth-order valence-electron chi connectivity index (χ4n) is 2.95. The number of carbonyl (C=O) groups excluding carboxylic acids is 1. The number of sulfonamides is 1. The Labute approximate surface area is 173 Å². The van der Waals surface area contributed by atoms with Gasteiger partial charge in [-0.2, -0.15) is 0 Å². The number of hydrogen-bond donors (Lipinski definition) is 2. The minimum absolute atomic E-state index is 0.00143. The van der Waals surface area contributed by atoms with Crippen molar-refractivity contribution in [2.24, 2.45) is 4.99 Å². The number of hydrogen-bond acceptors (Lipinski definition) is 6. The van der Waals surface area contributed by atoms with Crippen LogP contribution >= 0.6 is 0 Å². The number of amidine groups is 1. The lowest BCUT2D eigenvalue weighted by atomic mass is 10.1. The predicted molar refractivity (Wildman–Crippen MR) is 112 cm³/mol. The van der Waals surface area contributed by atoms with Gasteiger partial charge in [0.15, 0.2) is 11.5 Å². The van der Waals surface area contributed by atoms with Crippen molar-refractivity contribution in [2.45, 2.75) is 6.92 Å². The summed E-state index contributed by atoms with van der Waals surface area (Å²) in [4.78, 5) is 16.3. The van der Waals surface area contributed by atoms with Gasteiger partial charge in [-0.1, -0.05) is 12.1 Å². The number of aliphatic imine (C=N–C) groups is 1. The van der Waals surface area contributed by atoms with E-state index in [0.29, 0.717) is 28.3 Å². The summed E-state index contributed by atoms with van der Waals surface area (Å²) < 4.78 is 50.8. The van der Waals surface area contributed by atoms with E-state index in [1.807, 2.05) is 0 Å². The second kappa shape index (κ2) is 8.54. The number of amides is 1. The van der Waals surface area contributed by atoms with E-state index in [9.17, 15) is 17.6 Å². The summed E-state index contributed by atoms with van der Waals surface area (Å²) in [7, 11) is -0.874. The Morgan fingerprint density at radius 1 is 1.10 bits per heavy atom. The van der Waals surface area contributed by atoms with Crippen molar-refractivity contribution < 1.29 is 27.1 Å². The number of rotatable bonds is 6. The summed E-state index contributed by atoms with van der Waals surface area (Å²) in [6.07, 6.45) is 0. The Morgan fingerprint density at radius 2 is 1.77 bits per heavy atom. The number of nitrogens with zero attached hydrogens (tertiary/aromatic N) is 1. The molecule has 0 spiro atoms. The molecular formula is C20H20FN3O5S. The first-order valence-electron chi connectivity index (χ1n) is 8.81. The predicted octanol–water partition coefficient (Wildman–Crippen LogP) is 2.54. The van der Waals surface area contributed by atoms with Crippen molar-refractivity contribution >= 4 is 32.4 Å². The summed E-state index contributed by atoms with van der Waals surface area (Å²) in [6, 6.07) is 9.99. The van der Waals surface area contributed by atoms with Gasteiger partial charge in [-0.3, -0.25) is 14.5 Å². The van der Waals surface area contributed by atoms with Crippen molar-refractivity contribution in [1.82, 2.24) is 4.72 Å². The molecule has 0 aromatic heterocycles. The second-order valence-corrected chi connectivity index (χ2v) is 7.97. The molecule has 1 amide bonds. The molecule has 3 rings (SSSR count). The highest BCUT2D eigenvalue weighted by atomic mass is 32.2. The maximum atomic E-state index is 13.2. The highest BCUT2D eigenvalue weighted by molar-refractivity contribution is 8.00. The Hall–Kier alpha value is -3.40. The first-order valence-corrected chi connectivity index (χ1v) is 10.3. The molecule has 0 unspecified atom stereocenters. The molecule has 8 nitrogen and oxygen atoms in total. The number of methoxy groups -OCH3 is 2. The van der Waals surface area contributed by atoms with Gasteiger partial charge in [0.2, 0.25) is 5.91 Å². The smallest absolute Gasteiger partial charge is 0.264 e. The summed E-state index contributed by atoms with van der Waals surface area (Å²) in [5, 5.41) is 2.66. The van der Waals surface area contributed by atoms with Crippen molar-refractivity contribution in [2.75, 3.05) is 26.1 Å². The van der Waals surface area contributed by atoms with Crippen LogP contribution in [0.1, 0.15) is 12.5 Å². The monoisotopic (exact) mass is 433 g/mol. The SMILES string of the molecule is COc1ccc(NC(=O)CN=C2NS(=O)(=O)C(c3ccc(F)cc3)=C2C)cc1OC. The van der Waals surface area contributed by atoms with Gasteiger partial charge >= 0.3 is 0 Å². The fraction of sp³-hybridized carbons (Fsp3) is 0.200. The molecule has 1 heterocycles. The topological polar surface area (TPSA) is 106 Å². The summed E-state index contributed by atoms with van der Waals surface area (Å²) in [5.41, 5.74) is 1.16. The van der Waals surface area contributed by atoms with Crippen LogP contribution in [0.15, 0.2) is 53.0 Å². The van der Waals surface area contributed by atoms with Crippen LogP contribution in [0.25, 0.3) is 4.91 Å². The number of ether oxygens (including phenoxy) is 2. The van der Waals surface area contributed by atoms with Gasteiger partial charge in [-0.25, -0.2) is 12.8 Å². The van der Waals surface area contributed by atoms with E-state index in [1.165, 1.54) is 38.5 Å². The molecule has 2 aromatic rings. The third-order valence-corrected chi connectivity index (χ3v) is 5.89. The van der Waals surface area contributed by atoms with Crippen LogP contribution in [-0.2, 0) is 14.8 Å². The van der Waals surface area contributed by atoms with E-state index in [1.54, 1.807) is 25.1 Å². The average Bonchev–Trinajstić information content (AvgIpc) is 2.95. The molecule has 2 aromatic carbocycles. The Morgan fingerprint density at radius 3 is 2.40 bits per heavy atom. The lowest BCUT2D eigenvalue weighted by molar-refractivity contribution is -0.114. The molecule has 0 bridgehead atoms. The van der Waals surface area contributed by atoms with E-state index >= 15 is 0 Å². The zero-order valence-electron chi connectivity index (χ0n) is 16.5. The van der Waals surface area contributed by atoms with E-state index in [0.717, 1.165) is 0 Å². The van der Waals surface area contributed by atoms with Gasteiger partial charge in [0.1, 0.15) is 23.1 Å². The van der Waals surface area contributed by atoms with Crippen LogP contribution < -0.4 is 19.5 Å². The molecule has 30 heavy (non-hydrogen) atoms. The molecule has 0 fully saturated rings. The summed E-state index contributed by atoms with van der Waals surface area (Å²) in [5.74, 6) is 0.118. The molecule has 1 aliphatic rings. The third kappa shape index (κ3) is 4.43. The Bertz CT molecular complexity index is 1140. The van der Waals surface area contributed by atoms with Gasteiger partial charge in [0, 0.05) is 17.3 Å². The average molecular weight is 433 g/mol. The van der Waals surface area contributed by atoms with Crippen LogP contribution in [0.5, 0.6) is 11.5 Å². The number of nitrogens with one attached hydrogen (secondary N) is 2. The first kappa shape index (κ1) is 21.3. The molecule has 0 saturated carbocycles. The van der Waals surface area contributed by atoms with Crippen LogP contribution in [0.3, 0.4) is 0 Å².